The van der Waals surface area contributed by atoms with Gasteiger partial charge < -0.3 is 10.1 Å². The van der Waals surface area contributed by atoms with E-state index in [0.29, 0.717) is 13.0 Å². The van der Waals surface area contributed by atoms with Crippen molar-refractivity contribution in [2.24, 2.45) is 16.8 Å². The van der Waals surface area contributed by atoms with Crippen LogP contribution in [0.15, 0.2) is 35.3 Å². The first kappa shape index (κ1) is 14.9. The maximum absolute atomic E-state index is 11.2. The smallest absolute Gasteiger partial charge is 0.308 e. The molecule has 2 aromatic rings. The molecule has 5 heteroatoms. The molecule has 1 aromatic heterocycles. The molecule has 4 nitrogen and oxygen atoms in total. The van der Waals surface area contributed by atoms with E-state index in [2.05, 4.69) is 34.3 Å². The summed E-state index contributed by atoms with van der Waals surface area (Å²) in [4.78, 5) is 19.3. The lowest BCUT2D eigenvalue weighted by molar-refractivity contribution is -0.141. The Balaban J connectivity index is 0.00000144. The highest BCUT2D eigenvalue weighted by molar-refractivity contribution is 6.15. The molecule has 22 heavy (non-hydrogen) atoms. The van der Waals surface area contributed by atoms with Crippen LogP contribution in [0.2, 0.25) is 0 Å². The summed E-state index contributed by atoms with van der Waals surface area (Å²) in [5.74, 6) is -0.874. The van der Waals surface area contributed by atoms with Crippen LogP contribution in [-0.2, 0) is 4.79 Å². The number of nitrogens with one attached hydrogen (secondary N) is 1. The second-order valence-corrected chi connectivity index (χ2v) is 5.79. The number of H-pyrrole nitrogens is 1. The molecule has 0 fully saturated rings. The Morgan fingerprint density at radius 3 is 2.95 bits per heavy atom. The van der Waals surface area contributed by atoms with E-state index in [4.69, 9.17) is 0 Å². The number of halogens is 1. The number of aromatic amines is 1. The molecule has 0 radical (unpaired) electrons. The number of allylic oxidation sites excluding steroid dienone is 1. The van der Waals surface area contributed by atoms with Gasteiger partial charge >= 0.3 is 5.97 Å². The maximum atomic E-state index is 11.2. The van der Waals surface area contributed by atoms with Gasteiger partial charge in [0.1, 0.15) is 0 Å². The van der Waals surface area contributed by atoms with Gasteiger partial charge in [-0.05, 0) is 25.0 Å². The first-order chi connectivity index (χ1) is 10.2. The summed E-state index contributed by atoms with van der Waals surface area (Å²) in [6, 6.07) is 8.22. The van der Waals surface area contributed by atoms with Crippen molar-refractivity contribution in [3.8, 4) is 0 Å². The highest BCUT2D eigenvalue weighted by atomic mass is 35.5. The SMILES string of the molecule is Cl.O=C(O)C1CN=C2c3c([nH]c4ccccc34)C=CCC2C1. The molecule has 0 saturated carbocycles. The van der Waals surface area contributed by atoms with Crippen molar-refractivity contribution in [3.63, 3.8) is 0 Å². The lowest BCUT2D eigenvalue weighted by atomic mass is 9.83. The minimum absolute atomic E-state index is 0. The number of hydrogen-bond acceptors (Lipinski definition) is 2. The van der Waals surface area contributed by atoms with Gasteiger partial charge in [-0.2, -0.15) is 0 Å². The van der Waals surface area contributed by atoms with Crippen molar-refractivity contribution < 1.29 is 9.90 Å². The van der Waals surface area contributed by atoms with E-state index < -0.39 is 5.97 Å². The molecule has 0 spiro atoms. The first-order valence-electron chi connectivity index (χ1n) is 7.29. The molecule has 1 aromatic carbocycles. The lowest BCUT2D eigenvalue weighted by Crippen LogP contribution is -2.30. The van der Waals surface area contributed by atoms with E-state index in [1.165, 1.54) is 5.39 Å². The topological polar surface area (TPSA) is 65.4 Å². The van der Waals surface area contributed by atoms with Crippen LogP contribution < -0.4 is 0 Å². The lowest BCUT2D eigenvalue weighted by Gasteiger charge is -2.25. The molecule has 0 amide bonds. The summed E-state index contributed by atoms with van der Waals surface area (Å²) >= 11 is 0. The third-order valence-corrected chi connectivity index (χ3v) is 4.48. The summed E-state index contributed by atoms with van der Waals surface area (Å²) in [6.07, 6.45) is 5.77. The first-order valence-corrected chi connectivity index (χ1v) is 7.29. The van der Waals surface area contributed by atoms with Crippen molar-refractivity contribution in [2.75, 3.05) is 6.54 Å². The molecule has 4 rings (SSSR count). The zero-order chi connectivity index (χ0) is 14.4. The minimum Gasteiger partial charge on any atom is -0.481 e. The molecular formula is C17H17ClN2O2. The van der Waals surface area contributed by atoms with E-state index in [1.807, 2.05) is 12.1 Å². The molecule has 2 atom stereocenters. The molecule has 1 aliphatic carbocycles. The summed E-state index contributed by atoms with van der Waals surface area (Å²) in [5.41, 5.74) is 4.43. The molecule has 1 aliphatic heterocycles. The Hall–Kier alpha value is -2.07. The fourth-order valence-electron chi connectivity index (χ4n) is 3.45. The number of hydrogen-bond donors (Lipinski definition) is 2. The number of carbonyl (C=O) groups is 1. The van der Waals surface area contributed by atoms with Gasteiger partial charge in [0.05, 0.1) is 12.5 Å². The van der Waals surface area contributed by atoms with Gasteiger partial charge in [-0.1, -0.05) is 24.3 Å². The second-order valence-electron chi connectivity index (χ2n) is 5.79. The van der Waals surface area contributed by atoms with Gasteiger partial charge in [0.25, 0.3) is 0 Å². The highest BCUT2D eigenvalue weighted by Gasteiger charge is 2.32. The van der Waals surface area contributed by atoms with Gasteiger partial charge in [0.2, 0.25) is 0 Å². The molecule has 2 N–H and O–H groups in total. The van der Waals surface area contributed by atoms with Crippen LogP contribution in [0.3, 0.4) is 0 Å². The molecular weight excluding hydrogens is 300 g/mol. The average Bonchev–Trinajstić information content (AvgIpc) is 2.75. The van der Waals surface area contributed by atoms with Gasteiger partial charge in [-0.25, -0.2) is 0 Å². The van der Waals surface area contributed by atoms with Gasteiger partial charge in [0.15, 0.2) is 0 Å². The Kier molecular flexibility index (Phi) is 3.79. The fourth-order valence-corrected chi connectivity index (χ4v) is 3.45. The Labute approximate surface area is 134 Å². The maximum Gasteiger partial charge on any atom is 0.308 e. The minimum atomic E-state index is -0.731. The molecule has 0 saturated heterocycles. The van der Waals surface area contributed by atoms with Crippen molar-refractivity contribution in [3.05, 3.63) is 41.6 Å². The third-order valence-electron chi connectivity index (χ3n) is 4.48. The number of carboxylic acid groups (broad SMARTS) is 1. The molecule has 2 unspecified atom stereocenters. The number of benzene rings is 1. The number of para-hydroxylation sites is 1. The van der Waals surface area contributed by atoms with Crippen LogP contribution in [-0.4, -0.2) is 28.3 Å². The van der Waals surface area contributed by atoms with E-state index in [1.54, 1.807) is 0 Å². The average molecular weight is 317 g/mol. The van der Waals surface area contributed by atoms with E-state index in [-0.39, 0.29) is 24.2 Å². The number of aliphatic carboxylic acids is 1. The number of nitrogens with zero attached hydrogens (tertiary/aromatic N) is 1. The van der Waals surface area contributed by atoms with Crippen molar-refractivity contribution in [2.45, 2.75) is 12.8 Å². The van der Waals surface area contributed by atoms with E-state index >= 15 is 0 Å². The third kappa shape index (κ3) is 2.24. The predicted molar refractivity (Wildman–Crippen MR) is 89.8 cm³/mol. The van der Waals surface area contributed by atoms with Crippen LogP contribution in [0, 0.1) is 11.8 Å². The standard InChI is InChI=1S/C17H16N2O2.ClH/c20-17(21)11-8-10-4-3-7-14-15(16(10)18-9-11)12-5-1-2-6-13(12)19-14;/h1-3,5-7,10-11,19H,4,8-9H2,(H,20,21);1H. The zero-order valence-corrected chi connectivity index (χ0v) is 12.8. The van der Waals surface area contributed by atoms with E-state index in [0.717, 1.165) is 28.9 Å². The van der Waals surface area contributed by atoms with Gasteiger partial charge in [-0.15, -0.1) is 12.4 Å². The fraction of sp³-hybridized carbons (Fsp3) is 0.294. The molecule has 2 aliphatic rings. The number of aliphatic imine (C=N–C) groups is 1. The number of fused-ring (bicyclic) bond motifs is 5. The van der Waals surface area contributed by atoms with E-state index in [9.17, 15) is 9.90 Å². The highest BCUT2D eigenvalue weighted by Crippen LogP contribution is 2.35. The molecule has 0 bridgehead atoms. The Morgan fingerprint density at radius 2 is 2.14 bits per heavy atom. The normalized spacial score (nSPS) is 23.0. The van der Waals surface area contributed by atoms with Crippen molar-refractivity contribution in [1.82, 2.24) is 4.98 Å². The summed E-state index contributed by atoms with van der Waals surface area (Å²) < 4.78 is 0. The Morgan fingerprint density at radius 1 is 1.32 bits per heavy atom. The summed E-state index contributed by atoms with van der Waals surface area (Å²) in [6.45, 7) is 0.389. The molecule has 2 heterocycles. The number of rotatable bonds is 1. The van der Waals surface area contributed by atoms with Crippen molar-refractivity contribution >= 4 is 41.1 Å². The van der Waals surface area contributed by atoms with Gasteiger partial charge in [-0.3, -0.25) is 9.79 Å². The van der Waals surface area contributed by atoms with Crippen LogP contribution >= 0.6 is 12.4 Å². The molecule has 114 valence electrons. The largest absolute Gasteiger partial charge is 0.481 e. The summed E-state index contributed by atoms with van der Waals surface area (Å²) in [5, 5.41) is 10.4. The van der Waals surface area contributed by atoms with Crippen LogP contribution in [0.25, 0.3) is 17.0 Å². The monoisotopic (exact) mass is 316 g/mol. The van der Waals surface area contributed by atoms with Gasteiger partial charge in [0, 0.05) is 33.8 Å². The Bertz CT molecular complexity index is 791. The van der Waals surface area contributed by atoms with Crippen LogP contribution in [0.5, 0.6) is 0 Å². The second kappa shape index (κ2) is 5.61. The number of carboxylic acids is 1. The van der Waals surface area contributed by atoms with Crippen molar-refractivity contribution in [1.29, 1.82) is 0 Å². The number of aromatic nitrogens is 1. The summed E-state index contributed by atoms with van der Waals surface area (Å²) in [7, 11) is 0. The zero-order valence-electron chi connectivity index (χ0n) is 12.0. The predicted octanol–water partition coefficient (Wildman–Crippen LogP) is 3.52. The quantitative estimate of drug-likeness (QED) is 0.845. The van der Waals surface area contributed by atoms with Crippen LogP contribution in [0.1, 0.15) is 24.1 Å². The van der Waals surface area contributed by atoms with Crippen LogP contribution in [0.4, 0.5) is 0 Å².